The first-order chi connectivity index (χ1) is 7.83. The maximum atomic E-state index is 11.8. The molecule has 0 saturated heterocycles. The summed E-state index contributed by atoms with van der Waals surface area (Å²) in [7, 11) is -5.68. The fraction of sp³-hybridized carbons (Fsp3) is 0.250. The summed E-state index contributed by atoms with van der Waals surface area (Å²) in [4.78, 5) is -0.0868. The Balaban J connectivity index is 3.05. The van der Waals surface area contributed by atoms with Crippen molar-refractivity contribution < 1.29 is 22.0 Å². The molecule has 0 aliphatic heterocycles. The van der Waals surface area contributed by atoms with Gasteiger partial charge in [0.25, 0.3) is 0 Å². The smallest absolute Gasteiger partial charge is 0.299 e. The van der Waals surface area contributed by atoms with Crippen LogP contribution in [0.15, 0.2) is 29.2 Å². The zero-order valence-corrected chi connectivity index (χ0v) is 11.6. The second-order valence-corrected chi connectivity index (χ2v) is 7.28. The molecule has 1 N–H and O–H groups in total. The van der Waals surface area contributed by atoms with Gasteiger partial charge in [0.1, 0.15) is 0 Å². The highest BCUT2D eigenvalue weighted by atomic mass is 35.5. The van der Waals surface area contributed by atoms with Crippen LogP contribution in [0.5, 0.6) is 0 Å². The summed E-state index contributed by atoms with van der Waals surface area (Å²) < 4.78 is 46.0. The van der Waals surface area contributed by atoms with Gasteiger partial charge >= 0.3 is 7.75 Å². The van der Waals surface area contributed by atoms with Gasteiger partial charge < -0.3 is 0 Å². The van der Waals surface area contributed by atoms with Crippen LogP contribution in [-0.2, 0) is 23.6 Å². The summed E-state index contributed by atoms with van der Waals surface area (Å²) >= 11 is 5.63. The average molecular weight is 300 g/mol. The Labute approximate surface area is 105 Å². The highest BCUT2D eigenvalue weighted by molar-refractivity contribution is 7.94. The molecule has 0 amide bonds. The van der Waals surface area contributed by atoms with Crippen molar-refractivity contribution in [2.45, 2.75) is 4.90 Å². The standard InChI is InChI=1S/C8H11ClNO5PS/c1-14-16(11,15-2)10-17(12,13)8-5-3-7(9)4-6-8/h3-6H,1-2H3,(H,10,11). The lowest BCUT2D eigenvalue weighted by Gasteiger charge is -2.14. The number of benzene rings is 1. The predicted octanol–water partition coefficient (Wildman–Crippen LogP) is 2.02. The van der Waals surface area contributed by atoms with Gasteiger partial charge in [-0.25, -0.2) is 13.0 Å². The van der Waals surface area contributed by atoms with E-state index in [0.29, 0.717) is 5.02 Å². The number of halogens is 1. The number of nitrogens with one attached hydrogen (secondary N) is 1. The summed E-state index contributed by atoms with van der Waals surface area (Å²) in [6.45, 7) is 0. The van der Waals surface area contributed by atoms with Gasteiger partial charge in [0.2, 0.25) is 10.0 Å². The molecule has 0 heterocycles. The third kappa shape index (κ3) is 3.77. The molecule has 0 aromatic heterocycles. The van der Waals surface area contributed by atoms with Crippen molar-refractivity contribution in [3.63, 3.8) is 0 Å². The van der Waals surface area contributed by atoms with Gasteiger partial charge in [-0.3, -0.25) is 9.05 Å². The Bertz CT molecular complexity index is 521. The molecule has 1 aromatic rings. The van der Waals surface area contributed by atoms with Crippen LogP contribution in [0.25, 0.3) is 0 Å². The first-order valence-electron chi connectivity index (χ1n) is 4.34. The minimum Gasteiger partial charge on any atom is -0.299 e. The molecule has 17 heavy (non-hydrogen) atoms. The summed E-state index contributed by atoms with van der Waals surface area (Å²) in [5, 5.41) is 0.394. The van der Waals surface area contributed by atoms with Crippen LogP contribution in [0.3, 0.4) is 0 Å². The third-order valence-electron chi connectivity index (χ3n) is 1.84. The zero-order chi connectivity index (χ0) is 13.1. The van der Waals surface area contributed by atoms with Gasteiger partial charge in [0, 0.05) is 19.2 Å². The van der Waals surface area contributed by atoms with E-state index in [1.54, 1.807) is 0 Å². The Hall–Kier alpha value is -0.430. The Kier molecular flexibility index (Phi) is 4.71. The summed E-state index contributed by atoms with van der Waals surface area (Å²) in [6, 6.07) is 5.36. The largest absolute Gasteiger partial charge is 0.418 e. The number of sulfonamides is 1. The monoisotopic (exact) mass is 299 g/mol. The molecular weight excluding hydrogens is 289 g/mol. The molecular formula is C8H11ClNO5PS. The first-order valence-corrected chi connectivity index (χ1v) is 7.74. The van der Waals surface area contributed by atoms with Crippen molar-refractivity contribution in [2.75, 3.05) is 14.2 Å². The number of hydrogen-bond acceptors (Lipinski definition) is 5. The summed E-state index contributed by atoms with van der Waals surface area (Å²) in [5.74, 6) is 0. The lowest BCUT2D eigenvalue weighted by molar-refractivity contribution is 0.272. The third-order valence-corrected chi connectivity index (χ3v) is 5.80. The molecule has 0 unspecified atom stereocenters. The minimum absolute atomic E-state index is 0.0868. The maximum absolute atomic E-state index is 11.8. The average Bonchev–Trinajstić information content (AvgIpc) is 2.29. The number of hydrogen-bond donors (Lipinski definition) is 1. The Morgan fingerprint density at radius 2 is 1.65 bits per heavy atom. The van der Waals surface area contributed by atoms with E-state index in [-0.39, 0.29) is 4.90 Å². The van der Waals surface area contributed by atoms with Gasteiger partial charge in [-0.1, -0.05) is 11.6 Å². The summed E-state index contributed by atoms with van der Waals surface area (Å²) in [5.41, 5.74) is 0. The van der Waals surface area contributed by atoms with Crippen LogP contribution in [-0.4, -0.2) is 22.6 Å². The normalized spacial score (nSPS) is 12.6. The Morgan fingerprint density at radius 3 is 2.06 bits per heavy atom. The van der Waals surface area contributed by atoms with Crippen molar-refractivity contribution in [1.82, 2.24) is 4.49 Å². The quantitative estimate of drug-likeness (QED) is 0.841. The van der Waals surface area contributed by atoms with Crippen LogP contribution >= 0.6 is 19.3 Å². The van der Waals surface area contributed by atoms with Gasteiger partial charge in [0.05, 0.1) is 4.90 Å². The van der Waals surface area contributed by atoms with E-state index in [0.717, 1.165) is 14.2 Å². The van der Waals surface area contributed by atoms with E-state index in [1.165, 1.54) is 24.3 Å². The van der Waals surface area contributed by atoms with E-state index in [9.17, 15) is 13.0 Å². The van der Waals surface area contributed by atoms with Crippen LogP contribution < -0.4 is 4.49 Å². The van der Waals surface area contributed by atoms with Gasteiger partial charge in [-0.15, -0.1) is 4.49 Å². The van der Waals surface area contributed by atoms with E-state index in [1.807, 2.05) is 4.49 Å². The van der Waals surface area contributed by atoms with Crippen molar-refractivity contribution in [3.05, 3.63) is 29.3 Å². The molecule has 1 rings (SSSR count). The molecule has 9 heteroatoms. The molecule has 0 radical (unpaired) electrons. The van der Waals surface area contributed by atoms with E-state index < -0.39 is 17.8 Å². The molecule has 0 aliphatic carbocycles. The molecule has 6 nitrogen and oxygen atoms in total. The predicted molar refractivity (Wildman–Crippen MR) is 63.4 cm³/mol. The van der Waals surface area contributed by atoms with Crippen molar-refractivity contribution in [1.29, 1.82) is 0 Å². The molecule has 0 aliphatic rings. The molecule has 0 fully saturated rings. The second kappa shape index (κ2) is 5.48. The van der Waals surface area contributed by atoms with Crippen LogP contribution in [0.1, 0.15) is 0 Å². The fourth-order valence-electron chi connectivity index (χ4n) is 0.963. The molecule has 96 valence electrons. The highest BCUT2D eigenvalue weighted by Gasteiger charge is 2.29. The maximum Gasteiger partial charge on any atom is 0.418 e. The van der Waals surface area contributed by atoms with Gasteiger partial charge in [0.15, 0.2) is 0 Å². The van der Waals surface area contributed by atoms with Crippen molar-refractivity contribution in [2.24, 2.45) is 0 Å². The highest BCUT2D eigenvalue weighted by Crippen LogP contribution is 2.43. The topological polar surface area (TPSA) is 81.7 Å². The molecule has 0 atom stereocenters. The second-order valence-electron chi connectivity index (χ2n) is 2.91. The molecule has 1 aromatic carbocycles. The summed E-state index contributed by atoms with van der Waals surface area (Å²) in [6.07, 6.45) is 0. The first kappa shape index (κ1) is 14.6. The minimum atomic E-state index is -3.98. The van der Waals surface area contributed by atoms with Crippen molar-refractivity contribution >= 4 is 29.4 Å². The van der Waals surface area contributed by atoms with Crippen LogP contribution in [0.4, 0.5) is 0 Å². The molecule has 0 bridgehead atoms. The molecule has 0 saturated carbocycles. The van der Waals surface area contributed by atoms with Gasteiger partial charge in [-0.2, -0.15) is 0 Å². The zero-order valence-electron chi connectivity index (χ0n) is 9.08. The lowest BCUT2D eigenvalue weighted by Crippen LogP contribution is -2.22. The molecule has 0 spiro atoms. The number of rotatable bonds is 5. The van der Waals surface area contributed by atoms with Crippen LogP contribution in [0.2, 0.25) is 5.02 Å². The van der Waals surface area contributed by atoms with Gasteiger partial charge in [-0.05, 0) is 24.3 Å². The van der Waals surface area contributed by atoms with E-state index in [4.69, 9.17) is 11.6 Å². The lowest BCUT2D eigenvalue weighted by atomic mass is 10.4. The van der Waals surface area contributed by atoms with E-state index in [2.05, 4.69) is 9.05 Å². The van der Waals surface area contributed by atoms with Crippen molar-refractivity contribution in [3.8, 4) is 0 Å². The SMILES string of the molecule is COP(=O)(NS(=O)(=O)c1ccc(Cl)cc1)OC. The van der Waals surface area contributed by atoms with E-state index >= 15 is 0 Å². The Morgan fingerprint density at radius 1 is 1.18 bits per heavy atom. The van der Waals surface area contributed by atoms with Crippen LogP contribution in [0, 0.1) is 0 Å². The fourth-order valence-corrected chi connectivity index (χ4v) is 3.93.